The molecule has 2 aromatic rings. The molecule has 2 N–H and O–H groups in total. The van der Waals surface area contributed by atoms with Crippen molar-refractivity contribution < 1.29 is 0 Å². The Morgan fingerprint density at radius 3 is 2.50 bits per heavy atom. The Kier molecular flexibility index (Phi) is 2.33. The normalized spacial score (nSPS) is 10.4. The van der Waals surface area contributed by atoms with Gasteiger partial charge in [-0.3, -0.25) is 0 Å². The predicted molar refractivity (Wildman–Crippen MR) is 61.9 cm³/mol. The highest BCUT2D eigenvalue weighted by molar-refractivity contribution is 5.92. The van der Waals surface area contributed by atoms with Gasteiger partial charge in [0.1, 0.15) is 0 Å². The second-order valence-corrected chi connectivity index (χ2v) is 3.27. The van der Waals surface area contributed by atoms with E-state index in [0.717, 1.165) is 5.56 Å². The van der Waals surface area contributed by atoms with Gasteiger partial charge in [-0.1, -0.05) is 49.1 Å². The van der Waals surface area contributed by atoms with Gasteiger partial charge in [-0.2, -0.15) is 0 Å². The van der Waals surface area contributed by atoms with Crippen LogP contribution in [0.4, 0.5) is 0 Å². The van der Waals surface area contributed by atoms with Crippen molar-refractivity contribution >= 4 is 16.8 Å². The van der Waals surface area contributed by atoms with Crippen molar-refractivity contribution in [1.29, 1.82) is 0 Å². The van der Waals surface area contributed by atoms with Crippen molar-refractivity contribution in [2.24, 2.45) is 5.73 Å². The number of rotatable bonds is 2. The van der Waals surface area contributed by atoms with Crippen molar-refractivity contribution in [3.05, 3.63) is 54.1 Å². The van der Waals surface area contributed by atoms with Gasteiger partial charge in [0.25, 0.3) is 0 Å². The van der Waals surface area contributed by atoms with Crippen molar-refractivity contribution in [3.63, 3.8) is 0 Å². The van der Waals surface area contributed by atoms with Gasteiger partial charge in [-0.25, -0.2) is 0 Å². The van der Waals surface area contributed by atoms with E-state index in [4.69, 9.17) is 5.73 Å². The zero-order valence-corrected chi connectivity index (χ0v) is 8.03. The maximum Gasteiger partial charge on any atom is 0.0184 e. The third kappa shape index (κ3) is 1.32. The first-order valence-corrected chi connectivity index (χ1v) is 4.70. The van der Waals surface area contributed by atoms with Crippen molar-refractivity contribution in [3.8, 4) is 0 Å². The molecule has 70 valence electrons. The van der Waals surface area contributed by atoms with Gasteiger partial charge in [0, 0.05) is 6.54 Å². The fourth-order valence-electron chi connectivity index (χ4n) is 1.76. The van der Waals surface area contributed by atoms with Crippen LogP contribution < -0.4 is 5.73 Å². The van der Waals surface area contributed by atoms with Crippen molar-refractivity contribution in [2.45, 2.75) is 6.54 Å². The maximum atomic E-state index is 5.68. The highest BCUT2D eigenvalue weighted by Gasteiger charge is 2.00. The smallest absolute Gasteiger partial charge is 0.0184 e. The molecule has 14 heavy (non-hydrogen) atoms. The number of fused-ring (bicyclic) bond motifs is 1. The van der Waals surface area contributed by atoms with Gasteiger partial charge >= 0.3 is 0 Å². The lowest BCUT2D eigenvalue weighted by Crippen LogP contribution is -1.97. The van der Waals surface area contributed by atoms with E-state index in [1.807, 2.05) is 18.2 Å². The number of nitrogens with two attached hydrogens (primary N) is 1. The first kappa shape index (κ1) is 8.97. The molecule has 0 saturated carbocycles. The standard InChI is InChI=1S/C13H13N/c1-2-10-5-3-8-13-11(9-14)6-4-7-12(10)13/h2-8H,1,9,14H2. The summed E-state index contributed by atoms with van der Waals surface area (Å²) in [5.41, 5.74) is 8.03. The molecule has 0 aliphatic rings. The minimum atomic E-state index is 0.581. The molecule has 0 aromatic heterocycles. The van der Waals surface area contributed by atoms with Crippen LogP contribution in [0.15, 0.2) is 43.0 Å². The van der Waals surface area contributed by atoms with Gasteiger partial charge in [-0.05, 0) is 21.9 Å². The summed E-state index contributed by atoms with van der Waals surface area (Å²) in [5, 5.41) is 2.46. The molecule has 1 heteroatoms. The van der Waals surface area contributed by atoms with E-state index in [1.54, 1.807) is 0 Å². The monoisotopic (exact) mass is 183 g/mol. The summed E-state index contributed by atoms with van der Waals surface area (Å²) in [4.78, 5) is 0. The van der Waals surface area contributed by atoms with Crippen LogP contribution in [0.3, 0.4) is 0 Å². The van der Waals surface area contributed by atoms with Crippen LogP contribution in [-0.2, 0) is 6.54 Å². The Hall–Kier alpha value is -1.60. The predicted octanol–water partition coefficient (Wildman–Crippen LogP) is 2.94. The molecule has 0 amide bonds. The lowest BCUT2D eigenvalue weighted by atomic mass is 10.0. The molecule has 0 spiro atoms. The highest BCUT2D eigenvalue weighted by atomic mass is 14.5. The van der Waals surface area contributed by atoms with Crippen LogP contribution >= 0.6 is 0 Å². The third-order valence-corrected chi connectivity index (χ3v) is 2.49. The molecule has 0 aliphatic heterocycles. The Morgan fingerprint density at radius 1 is 1.07 bits per heavy atom. The topological polar surface area (TPSA) is 26.0 Å². The molecule has 0 aliphatic carbocycles. The number of hydrogen-bond acceptors (Lipinski definition) is 1. The first-order valence-electron chi connectivity index (χ1n) is 4.70. The summed E-state index contributed by atoms with van der Waals surface area (Å²) in [6.45, 7) is 4.39. The summed E-state index contributed by atoms with van der Waals surface area (Å²) in [6, 6.07) is 12.4. The Morgan fingerprint density at radius 2 is 1.79 bits per heavy atom. The van der Waals surface area contributed by atoms with Crippen LogP contribution in [0.25, 0.3) is 16.8 Å². The Bertz CT molecular complexity index is 472. The average Bonchev–Trinajstić information content (AvgIpc) is 2.27. The highest BCUT2D eigenvalue weighted by Crippen LogP contribution is 2.22. The van der Waals surface area contributed by atoms with E-state index in [9.17, 15) is 0 Å². The van der Waals surface area contributed by atoms with E-state index in [-0.39, 0.29) is 0 Å². The first-order chi connectivity index (χ1) is 6.86. The van der Waals surface area contributed by atoms with E-state index in [0.29, 0.717) is 6.54 Å². The van der Waals surface area contributed by atoms with Gasteiger partial charge in [0.15, 0.2) is 0 Å². The fraction of sp³-hybridized carbons (Fsp3) is 0.0769. The molecule has 2 rings (SSSR count). The number of benzene rings is 2. The average molecular weight is 183 g/mol. The third-order valence-electron chi connectivity index (χ3n) is 2.49. The minimum Gasteiger partial charge on any atom is -0.326 e. The zero-order valence-electron chi connectivity index (χ0n) is 8.03. The Balaban J connectivity index is 2.84. The summed E-state index contributed by atoms with van der Waals surface area (Å²) in [7, 11) is 0. The largest absolute Gasteiger partial charge is 0.326 e. The van der Waals surface area contributed by atoms with Crippen LogP contribution in [0.2, 0.25) is 0 Å². The molecule has 2 aromatic carbocycles. The molecular weight excluding hydrogens is 170 g/mol. The number of hydrogen-bond donors (Lipinski definition) is 1. The van der Waals surface area contributed by atoms with Crippen LogP contribution in [0, 0.1) is 0 Å². The van der Waals surface area contributed by atoms with Crippen molar-refractivity contribution in [2.75, 3.05) is 0 Å². The van der Waals surface area contributed by atoms with Crippen LogP contribution in [-0.4, -0.2) is 0 Å². The van der Waals surface area contributed by atoms with Crippen LogP contribution in [0.5, 0.6) is 0 Å². The zero-order chi connectivity index (χ0) is 9.97. The van der Waals surface area contributed by atoms with E-state index in [2.05, 4.69) is 30.8 Å². The van der Waals surface area contributed by atoms with Gasteiger partial charge in [-0.15, -0.1) is 0 Å². The molecule has 0 heterocycles. The van der Waals surface area contributed by atoms with Gasteiger partial charge in [0.05, 0.1) is 0 Å². The minimum absolute atomic E-state index is 0.581. The lowest BCUT2D eigenvalue weighted by molar-refractivity contribution is 1.09. The quantitative estimate of drug-likeness (QED) is 0.761. The molecule has 0 radical (unpaired) electrons. The molecule has 0 fully saturated rings. The molecule has 0 unspecified atom stereocenters. The maximum absolute atomic E-state index is 5.68. The molecule has 0 saturated heterocycles. The van der Waals surface area contributed by atoms with Crippen molar-refractivity contribution in [1.82, 2.24) is 0 Å². The molecule has 1 nitrogen and oxygen atoms in total. The Labute approximate surface area is 83.9 Å². The summed E-state index contributed by atoms with van der Waals surface area (Å²) < 4.78 is 0. The fourth-order valence-corrected chi connectivity index (χ4v) is 1.76. The second-order valence-electron chi connectivity index (χ2n) is 3.27. The van der Waals surface area contributed by atoms with Gasteiger partial charge < -0.3 is 5.73 Å². The van der Waals surface area contributed by atoms with E-state index in [1.165, 1.54) is 16.3 Å². The SMILES string of the molecule is C=Cc1cccc2c(CN)cccc12. The second kappa shape index (κ2) is 3.64. The molecule has 0 atom stereocenters. The summed E-state index contributed by atoms with van der Waals surface area (Å²) in [6.07, 6.45) is 1.88. The molecule has 0 bridgehead atoms. The lowest BCUT2D eigenvalue weighted by Gasteiger charge is -2.06. The van der Waals surface area contributed by atoms with E-state index < -0.39 is 0 Å². The summed E-state index contributed by atoms with van der Waals surface area (Å²) >= 11 is 0. The van der Waals surface area contributed by atoms with Gasteiger partial charge in [0.2, 0.25) is 0 Å². The summed E-state index contributed by atoms with van der Waals surface area (Å²) in [5.74, 6) is 0. The van der Waals surface area contributed by atoms with Crippen LogP contribution in [0.1, 0.15) is 11.1 Å². The van der Waals surface area contributed by atoms with E-state index >= 15 is 0 Å². The molecular formula is C13H13N.